The molecule has 6 nitrogen and oxygen atoms in total. The van der Waals surface area contributed by atoms with Crippen LogP contribution in [-0.4, -0.2) is 27.4 Å². The molecule has 160 valence electrons. The predicted molar refractivity (Wildman–Crippen MR) is 131 cm³/mol. The van der Waals surface area contributed by atoms with Crippen LogP contribution in [0.2, 0.25) is 0 Å². The van der Waals surface area contributed by atoms with Crippen LogP contribution >= 0.6 is 11.8 Å². The average molecular weight is 443 g/mol. The lowest BCUT2D eigenvalue weighted by molar-refractivity contribution is -0.118. The van der Waals surface area contributed by atoms with E-state index in [0.717, 1.165) is 21.9 Å². The van der Waals surface area contributed by atoms with E-state index in [-0.39, 0.29) is 17.2 Å². The Bertz CT molecular complexity index is 1400. The minimum absolute atomic E-state index is 0.0772. The molecule has 0 radical (unpaired) electrons. The maximum absolute atomic E-state index is 12.9. The number of rotatable bonds is 7. The van der Waals surface area contributed by atoms with E-state index in [1.807, 2.05) is 61.5 Å². The molecule has 0 spiro atoms. The highest BCUT2D eigenvalue weighted by atomic mass is 32.2. The number of aromatic nitrogens is 2. The minimum Gasteiger partial charge on any atom is -0.283 e. The summed E-state index contributed by atoms with van der Waals surface area (Å²) in [5.41, 5.74) is 4.76. The number of hydrogen-bond donors (Lipinski definition) is 1. The summed E-state index contributed by atoms with van der Waals surface area (Å²) >= 11 is 1.20. The van der Waals surface area contributed by atoms with Crippen molar-refractivity contribution < 1.29 is 4.79 Å². The molecule has 0 aliphatic heterocycles. The maximum Gasteiger partial charge on any atom is 0.262 e. The minimum atomic E-state index is -0.282. The molecule has 0 unspecified atom stereocenters. The Hall–Kier alpha value is -3.71. The van der Waals surface area contributed by atoms with E-state index in [9.17, 15) is 9.59 Å². The molecule has 1 aromatic heterocycles. The lowest BCUT2D eigenvalue weighted by atomic mass is 10.1. The summed E-state index contributed by atoms with van der Waals surface area (Å²) in [5, 5.41) is 7.29. The molecule has 0 aliphatic rings. The molecule has 7 heteroatoms. The third-order valence-electron chi connectivity index (χ3n) is 4.80. The Morgan fingerprint density at radius 2 is 1.81 bits per heavy atom. The largest absolute Gasteiger partial charge is 0.283 e. The third-order valence-corrected chi connectivity index (χ3v) is 5.78. The van der Waals surface area contributed by atoms with Gasteiger partial charge in [0.05, 0.1) is 22.9 Å². The number of carbonyl (C=O) groups is 1. The first-order valence-corrected chi connectivity index (χ1v) is 11.1. The van der Waals surface area contributed by atoms with Crippen LogP contribution in [0.15, 0.2) is 93.9 Å². The van der Waals surface area contributed by atoms with E-state index in [0.29, 0.717) is 22.6 Å². The Morgan fingerprint density at radius 3 is 2.62 bits per heavy atom. The van der Waals surface area contributed by atoms with Gasteiger partial charge < -0.3 is 0 Å². The van der Waals surface area contributed by atoms with Crippen molar-refractivity contribution in [3.63, 3.8) is 0 Å². The van der Waals surface area contributed by atoms with Crippen molar-refractivity contribution in [2.24, 2.45) is 5.10 Å². The molecule has 4 rings (SSSR count). The van der Waals surface area contributed by atoms with E-state index in [2.05, 4.69) is 22.1 Å². The molecule has 1 heterocycles. The van der Waals surface area contributed by atoms with Crippen LogP contribution in [-0.2, 0) is 11.3 Å². The Labute approximate surface area is 189 Å². The quantitative estimate of drug-likeness (QED) is 0.152. The maximum atomic E-state index is 12.9. The summed E-state index contributed by atoms with van der Waals surface area (Å²) in [5.74, 6) is -0.204. The molecular weight excluding hydrogens is 420 g/mol. The number of allylic oxidation sites excluding steroid dienone is 1. The summed E-state index contributed by atoms with van der Waals surface area (Å²) in [4.78, 5) is 29.9. The van der Waals surface area contributed by atoms with Crippen LogP contribution in [0.1, 0.15) is 12.5 Å². The lowest BCUT2D eigenvalue weighted by Gasteiger charge is -2.12. The summed E-state index contributed by atoms with van der Waals surface area (Å²) in [6.07, 6.45) is 1.64. The topological polar surface area (TPSA) is 76.3 Å². The van der Waals surface area contributed by atoms with Gasteiger partial charge in [0.2, 0.25) is 0 Å². The second kappa shape index (κ2) is 9.62. The van der Waals surface area contributed by atoms with Crippen LogP contribution in [0.4, 0.5) is 0 Å². The second-order valence-electron chi connectivity index (χ2n) is 7.41. The van der Waals surface area contributed by atoms with Gasteiger partial charge in [0, 0.05) is 12.1 Å². The molecule has 1 amide bonds. The molecule has 0 fully saturated rings. The van der Waals surface area contributed by atoms with Crippen molar-refractivity contribution in [2.45, 2.75) is 18.6 Å². The van der Waals surface area contributed by atoms with Crippen LogP contribution in [0.25, 0.3) is 21.7 Å². The molecule has 0 atom stereocenters. The van der Waals surface area contributed by atoms with E-state index in [1.54, 1.807) is 22.9 Å². The number of benzene rings is 3. The highest BCUT2D eigenvalue weighted by Gasteiger charge is 2.13. The van der Waals surface area contributed by atoms with Gasteiger partial charge in [0.25, 0.3) is 11.5 Å². The van der Waals surface area contributed by atoms with Crippen molar-refractivity contribution in [3.8, 4) is 0 Å². The summed E-state index contributed by atoms with van der Waals surface area (Å²) in [7, 11) is 0. The summed E-state index contributed by atoms with van der Waals surface area (Å²) in [6, 6.07) is 21.1. The third kappa shape index (κ3) is 4.78. The number of amides is 1. The first kappa shape index (κ1) is 21.5. The molecule has 0 aliphatic carbocycles. The molecule has 32 heavy (non-hydrogen) atoms. The molecular formula is C25H22N4O2S. The zero-order valence-corrected chi connectivity index (χ0v) is 18.4. The number of hydrazone groups is 1. The smallest absolute Gasteiger partial charge is 0.262 e. The highest BCUT2D eigenvalue weighted by molar-refractivity contribution is 7.99. The van der Waals surface area contributed by atoms with Crippen molar-refractivity contribution in [1.82, 2.24) is 15.0 Å². The Balaban J connectivity index is 1.48. The Morgan fingerprint density at radius 1 is 1.09 bits per heavy atom. The van der Waals surface area contributed by atoms with Crippen LogP contribution < -0.4 is 11.0 Å². The predicted octanol–water partition coefficient (Wildman–Crippen LogP) is 4.37. The molecule has 0 bridgehead atoms. The summed E-state index contributed by atoms with van der Waals surface area (Å²) < 4.78 is 1.56. The van der Waals surface area contributed by atoms with Crippen LogP contribution in [0.5, 0.6) is 0 Å². The van der Waals surface area contributed by atoms with E-state index in [4.69, 9.17) is 0 Å². The number of nitrogens with zero attached hydrogens (tertiary/aromatic N) is 3. The van der Waals surface area contributed by atoms with Gasteiger partial charge in [0.1, 0.15) is 0 Å². The van der Waals surface area contributed by atoms with E-state index in [1.165, 1.54) is 11.8 Å². The van der Waals surface area contributed by atoms with Gasteiger partial charge in [-0.2, -0.15) is 5.10 Å². The fraction of sp³-hybridized carbons (Fsp3) is 0.120. The number of para-hydroxylation sites is 1. The van der Waals surface area contributed by atoms with Gasteiger partial charge >= 0.3 is 0 Å². The van der Waals surface area contributed by atoms with Crippen molar-refractivity contribution in [3.05, 3.63) is 94.8 Å². The monoisotopic (exact) mass is 442 g/mol. The average Bonchev–Trinajstić information content (AvgIpc) is 2.80. The molecule has 1 N–H and O–H groups in total. The van der Waals surface area contributed by atoms with Gasteiger partial charge in [0.15, 0.2) is 5.16 Å². The molecule has 0 saturated heterocycles. The number of thioether (sulfide) groups is 1. The molecule has 4 aromatic rings. The van der Waals surface area contributed by atoms with Gasteiger partial charge in [-0.3, -0.25) is 14.2 Å². The fourth-order valence-corrected chi connectivity index (χ4v) is 4.16. The normalized spacial score (nSPS) is 11.3. The lowest BCUT2D eigenvalue weighted by Crippen LogP contribution is -2.25. The zero-order valence-electron chi connectivity index (χ0n) is 17.6. The van der Waals surface area contributed by atoms with Crippen molar-refractivity contribution in [1.29, 1.82) is 0 Å². The van der Waals surface area contributed by atoms with Crippen LogP contribution in [0.3, 0.4) is 0 Å². The first-order valence-electron chi connectivity index (χ1n) is 10.1. The number of fused-ring (bicyclic) bond motifs is 2. The van der Waals surface area contributed by atoms with Gasteiger partial charge in [-0.1, -0.05) is 78.5 Å². The SMILES string of the molecule is C=C(C)Cn1c(SCC(=O)N/N=C\c2cccc3ccccc23)nc2ccccc2c1=O. The van der Waals surface area contributed by atoms with E-state index < -0.39 is 0 Å². The van der Waals surface area contributed by atoms with Crippen LogP contribution in [0, 0.1) is 0 Å². The molecule has 3 aromatic carbocycles. The van der Waals surface area contributed by atoms with Crippen molar-refractivity contribution in [2.75, 3.05) is 5.75 Å². The number of nitrogens with one attached hydrogen (secondary N) is 1. The van der Waals surface area contributed by atoms with Gasteiger partial charge in [-0.05, 0) is 29.8 Å². The molecule has 0 saturated carbocycles. The summed E-state index contributed by atoms with van der Waals surface area (Å²) in [6.45, 7) is 6.10. The number of carbonyl (C=O) groups excluding carboxylic acids is 1. The van der Waals surface area contributed by atoms with Gasteiger partial charge in [-0.25, -0.2) is 10.4 Å². The van der Waals surface area contributed by atoms with Gasteiger partial charge in [-0.15, -0.1) is 0 Å². The van der Waals surface area contributed by atoms with E-state index >= 15 is 0 Å². The first-order chi connectivity index (χ1) is 15.5. The Kier molecular flexibility index (Phi) is 6.47. The number of hydrogen-bond acceptors (Lipinski definition) is 5. The fourth-order valence-electron chi connectivity index (χ4n) is 3.37. The highest BCUT2D eigenvalue weighted by Crippen LogP contribution is 2.19. The standard InChI is InChI=1S/C25H22N4O2S/c1-17(2)15-29-24(31)21-12-5-6-13-22(21)27-25(29)32-16-23(30)28-26-14-19-10-7-9-18-8-3-4-11-20(18)19/h3-14H,1,15-16H2,2H3,(H,28,30)/b26-14-. The zero-order chi connectivity index (χ0) is 22.5. The second-order valence-corrected chi connectivity index (χ2v) is 8.35. The van der Waals surface area contributed by atoms with Crippen molar-refractivity contribution >= 4 is 45.6 Å².